The third-order valence-corrected chi connectivity index (χ3v) is 6.07. The van der Waals surface area contributed by atoms with Gasteiger partial charge in [0.1, 0.15) is 10.6 Å². The molecule has 0 unspecified atom stereocenters. The van der Waals surface area contributed by atoms with Crippen molar-refractivity contribution in [1.29, 1.82) is 0 Å². The molecule has 29 heavy (non-hydrogen) atoms. The van der Waals surface area contributed by atoms with E-state index in [-0.39, 0.29) is 41.0 Å². The maximum absolute atomic E-state index is 13.0. The van der Waals surface area contributed by atoms with Gasteiger partial charge >= 0.3 is 0 Å². The van der Waals surface area contributed by atoms with Gasteiger partial charge in [0.25, 0.3) is 10.0 Å². The Morgan fingerprint density at radius 1 is 1.10 bits per heavy atom. The second-order valence-corrected chi connectivity index (χ2v) is 8.24. The number of imide groups is 1. The molecule has 150 valence electrons. The lowest BCUT2D eigenvalue weighted by molar-refractivity contribution is -0.129. The van der Waals surface area contributed by atoms with Crippen LogP contribution in [-0.2, 0) is 19.6 Å². The molecule has 1 fully saturated rings. The SMILES string of the molecule is COc1ccc(N2C(=O)CCCC2=O)cc1S(=O)(=O)Nc1ccc2cn[nH]c2c1. The summed E-state index contributed by atoms with van der Waals surface area (Å²) < 4.78 is 33.8. The number of sulfonamides is 1. The molecule has 3 aromatic rings. The third-order valence-electron chi connectivity index (χ3n) is 4.67. The van der Waals surface area contributed by atoms with Crippen molar-refractivity contribution in [3.05, 3.63) is 42.6 Å². The highest BCUT2D eigenvalue weighted by Gasteiger charge is 2.29. The fourth-order valence-corrected chi connectivity index (χ4v) is 4.51. The second-order valence-electron chi connectivity index (χ2n) is 6.59. The molecule has 9 nitrogen and oxygen atoms in total. The zero-order valence-electron chi connectivity index (χ0n) is 15.5. The lowest BCUT2D eigenvalue weighted by Crippen LogP contribution is -2.40. The summed E-state index contributed by atoms with van der Waals surface area (Å²) >= 11 is 0. The van der Waals surface area contributed by atoms with E-state index >= 15 is 0 Å². The lowest BCUT2D eigenvalue weighted by atomic mass is 10.1. The summed E-state index contributed by atoms with van der Waals surface area (Å²) in [5.41, 5.74) is 1.21. The molecule has 0 spiro atoms. The van der Waals surface area contributed by atoms with Gasteiger partial charge in [-0.2, -0.15) is 5.10 Å². The molecule has 1 aliphatic rings. The molecular formula is C19H18N4O5S. The van der Waals surface area contributed by atoms with Crippen LogP contribution in [0.3, 0.4) is 0 Å². The number of anilines is 2. The number of aromatic nitrogens is 2. The van der Waals surface area contributed by atoms with Crippen LogP contribution in [0.15, 0.2) is 47.5 Å². The Kier molecular flexibility index (Phi) is 4.71. The van der Waals surface area contributed by atoms with Crippen molar-refractivity contribution >= 4 is 44.1 Å². The van der Waals surface area contributed by atoms with E-state index in [2.05, 4.69) is 14.9 Å². The maximum atomic E-state index is 13.0. The Labute approximate surface area is 166 Å². The van der Waals surface area contributed by atoms with Crippen LogP contribution in [0.2, 0.25) is 0 Å². The number of rotatable bonds is 5. The van der Waals surface area contributed by atoms with E-state index in [4.69, 9.17) is 4.74 Å². The molecule has 0 atom stereocenters. The first-order valence-corrected chi connectivity index (χ1v) is 10.4. The smallest absolute Gasteiger partial charge is 0.265 e. The summed E-state index contributed by atoms with van der Waals surface area (Å²) in [5, 5.41) is 7.53. The first-order chi connectivity index (χ1) is 13.9. The monoisotopic (exact) mass is 414 g/mol. The number of methoxy groups -OCH3 is 1. The van der Waals surface area contributed by atoms with Gasteiger partial charge in [-0.3, -0.25) is 24.3 Å². The predicted octanol–water partition coefficient (Wildman–Crippen LogP) is 2.42. The average Bonchev–Trinajstić information content (AvgIpc) is 3.15. The number of fused-ring (bicyclic) bond motifs is 1. The number of aromatic amines is 1. The minimum absolute atomic E-state index is 0.0979. The summed E-state index contributed by atoms with van der Waals surface area (Å²) in [7, 11) is -2.71. The first-order valence-electron chi connectivity index (χ1n) is 8.89. The standard InChI is InChI=1S/C19H18N4O5S/c1-28-16-8-7-14(23-18(24)3-2-4-19(23)25)10-17(16)29(26,27)22-13-6-5-12-11-20-21-15(12)9-13/h5-11,22H,2-4H2,1H3,(H,20,21). The van der Waals surface area contributed by atoms with Gasteiger partial charge in [-0.05, 0) is 42.8 Å². The molecule has 2 amide bonds. The number of ether oxygens (including phenoxy) is 1. The van der Waals surface area contributed by atoms with E-state index in [1.165, 1.54) is 25.3 Å². The Morgan fingerprint density at radius 3 is 2.59 bits per heavy atom. The quantitative estimate of drug-likeness (QED) is 0.619. The molecule has 0 saturated carbocycles. The molecule has 1 aliphatic heterocycles. The van der Waals surface area contributed by atoms with Crippen LogP contribution in [0.1, 0.15) is 19.3 Å². The number of nitrogens with zero attached hydrogens (tertiary/aromatic N) is 2. The molecule has 1 aromatic heterocycles. The van der Waals surface area contributed by atoms with Crippen LogP contribution in [0.4, 0.5) is 11.4 Å². The van der Waals surface area contributed by atoms with Crippen molar-refractivity contribution in [3.63, 3.8) is 0 Å². The van der Waals surface area contributed by atoms with Gasteiger partial charge in [-0.25, -0.2) is 8.42 Å². The highest BCUT2D eigenvalue weighted by Crippen LogP contribution is 2.32. The minimum Gasteiger partial charge on any atom is -0.495 e. The molecule has 1 saturated heterocycles. The lowest BCUT2D eigenvalue weighted by Gasteiger charge is -2.25. The number of piperidine rings is 1. The van der Waals surface area contributed by atoms with E-state index < -0.39 is 10.0 Å². The first kappa shape index (κ1) is 18.9. The van der Waals surface area contributed by atoms with Gasteiger partial charge in [-0.15, -0.1) is 0 Å². The van der Waals surface area contributed by atoms with Gasteiger partial charge in [0.2, 0.25) is 11.8 Å². The van der Waals surface area contributed by atoms with E-state index in [0.717, 1.165) is 10.3 Å². The predicted molar refractivity (Wildman–Crippen MR) is 106 cm³/mol. The number of carbonyl (C=O) groups excluding carboxylic acids is 2. The molecule has 2 N–H and O–H groups in total. The van der Waals surface area contributed by atoms with Gasteiger partial charge in [0.15, 0.2) is 0 Å². The van der Waals surface area contributed by atoms with Crippen molar-refractivity contribution < 1.29 is 22.7 Å². The summed E-state index contributed by atoms with van der Waals surface area (Å²) in [6.07, 6.45) is 2.60. The Bertz CT molecular complexity index is 1200. The number of benzene rings is 2. The molecule has 0 aliphatic carbocycles. The Balaban J connectivity index is 1.73. The number of amides is 2. The summed E-state index contributed by atoms with van der Waals surface area (Å²) in [5.74, 6) is -0.611. The van der Waals surface area contributed by atoms with Crippen molar-refractivity contribution in [2.45, 2.75) is 24.2 Å². The number of H-pyrrole nitrogens is 1. The Morgan fingerprint density at radius 2 is 1.86 bits per heavy atom. The summed E-state index contributed by atoms with van der Waals surface area (Å²) in [6.45, 7) is 0. The highest BCUT2D eigenvalue weighted by molar-refractivity contribution is 7.92. The number of carbonyl (C=O) groups is 2. The van der Waals surface area contributed by atoms with Crippen LogP contribution in [0, 0.1) is 0 Å². The van der Waals surface area contributed by atoms with Crippen LogP contribution >= 0.6 is 0 Å². The molecule has 4 rings (SSSR count). The maximum Gasteiger partial charge on any atom is 0.265 e. The molecule has 2 heterocycles. The van der Waals surface area contributed by atoms with E-state index in [9.17, 15) is 18.0 Å². The average molecular weight is 414 g/mol. The molecule has 0 bridgehead atoms. The zero-order chi connectivity index (χ0) is 20.6. The van der Waals surface area contributed by atoms with E-state index in [1.807, 2.05) is 0 Å². The van der Waals surface area contributed by atoms with E-state index in [0.29, 0.717) is 17.6 Å². The molecular weight excluding hydrogens is 396 g/mol. The fraction of sp³-hybridized carbons (Fsp3) is 0.211. The largest absolute Gasteiger partial charge is 0.495 e. The highest BCUT2D eigenvalue weighted by atomic mass is 32.2. The number of nitrogens with one attached hydrogen (secondary N) is 2. The van der Waals surface area contributed by atoms with Crippen molar-refractivity contribution in [1.82, 2.24) is 10.2 Å². The zero-order valence-corrected chi connectivity index (χ0v) is 16.3. The van der Waals surface area contributed by atoms with Gasteiger partial charge in [-0.1, -0.05) is 0 Å². The number of hydrogen-bond donors (Lipinski definition) is 2. The normalized spacial score (nSPS) is 15.0. The third kappa shape index (κ3) is 3.54. The van der Waals surface area contributed by atoms with Crippen LogP contribution in [0.5, 0.6) is 5.75 Å². The molecule has 0 radical (unpaired) electrons. The second kappa shape index (κ2) is 7.21. The fourth-order valence-electron chi connectivity index (χ4n) is 3.27. The van der Waals surface area contributed by atoms with Crippen LogP contribution in [0.25, 0.3) is 10.9 Å². The molecule has 2 aromatic carbocycles. The van der Waals surface area contributed by atoms with Crippen molar-refractivity contribution in [2.24, 2.45) is 0 Å². The summed E-state index contributed by atoms with van der Waals surface area (Å²) in [4.78, 5) is 25.3. The van der Waals surface area contributed by atoms with Crippen LogP contribution < -0.4 is 14.4 Å². The van der Waals surface area contributed by atoms with Gasteiger partial charge < -0.3 is 4.74 Å². The summed E-state index contributed by atoms with van der Waals surface area (Å²) in [6, 6.07) is 9.16. The van der Waals surface area contributed by atoms with Crippen molar-refractivity contribution in [2.75, 3.05) is 16.7 Å². The topological polar surface area (TPSA) is 121 Å². The van der Waals surface area contributed by atoms with E-state index in [1.54, 1.807) is 24.4 Å². The Hall–Kier alpha value is -3.40. The minimum atomic E-state index is -4.06. The van der Waals surface area contributed by atoms with Gasteiger partial charge in [0, 0.05) is 18.2 Å². The van der Waals surface area contributed by atoms with Crippen LogP contribution in [-0.4, -0.2) is 37.5 Å². The number of hydrogen-bond acceptors (Lipinski definition) is 6. The van der Waals surface area contributed by atoms with Gasteiger partial charge in [0.05, 0.1) is 30.2 Å². The molecule has 10 heteroatoms. The van der Waals surface area contributed by atoms with Crippen molar-refractivity contribution in [3.8, 4) is 5.75 Å².